The van der Waals surface area contributed by atoms with Gasteiger partial charge >= 0.3 is 5.97 Å². The van der Waals surface area contributed by atoms with Crippen LogP contribution in [0.1, 0.15) is 13.8 Å². The van der Waals surface area contributed by atoms with Gasteiger partial charge in [0.05, 0.1) is 0 Å². The normalized spacial score (nSPS) is 14.4. The van der Waals surface area contributed by atoms with E-state index < -0.39 is 16.8 Å². The smallest absolute Gasteiger partial charge is 0.321 e. The molecule has 0 aliphatic carbocycles. The van der Waals surface area contributed by atoms with Crippen molar-refractivity contribution in [3.63, 3.8) is 0 Å². The summed E-state index contributed by atoms with van der Waals surface area (Å²) in [6.07, 6.45) is 0. The van der Waals surface area contributed by atoms with Crippen molar-refractivity contribution in [3.05, 3.63) is 0 Å². The van der Waals surface area contributed by atoms with Crippen LogP contribution in [0.2, 0.25) is 0 Å². The van der Waals surface area contributed by atoms with Crippen LogP contribution in [0.3, 0.4) is 0 Å². The minimum atomic E-state index is -0.938. The molecule has 0 radical (unpaired) electrons. The molecule has 0 unspecified atom stereocenters. The van der Waals surface area contributed by atoms with Crippen LogP contribution in [0.15, 0.2) is 0 Å². The number of rotatable bonds is 6. The molecule has 0 spiro atoms. The van der Waals surface area contributed by atoms with Gasteiger partial charge in [0.25, 0.3) is 0 Å². The van der Waals surface area contributed by atoms with E-state index in [4.69, 9.17) is 10.8 Å². The second kappa shape index (κ2) is 5.58. The van der Waals surface area contributed by atoms with E-state index in [0.717, 1.165) is 12.3 Å². The molecule has 84 valence electrons. The third-order valence-corrected chi connectivity index (χ3v) is 3.41. The molecule has 4 nitrogen and oxygen atoms in total. The first-order valence-electron chi connectivity index (χ1n) is 4.54. The van der Waals surface area contributed by atoms with Gasteiger partial charge in [-0.05, 0) is 27.9 Å². The lowest BCUT2D eigenvalue weighted by Crippen LogP contribution is -2.47. The van der Waals surface area contributed by atoms with E-state index in [0.29, 0.717) is 0 Å². The van der Waals surface area contributed by atoms with Crippen LogP contribution in [0.5, 0.6) is 0 Å². The molecule has 0 aliphatic heterocycles. The summed E-state index contributed by atoms with van der Waals surface area (Å²) in [6, 6.07) is -0.810. The number of nitrogens with zero attached hydrogens (tertiary/aromatic N) is 1. The number of nitrogens with two attached hydrogens (primary N) is 1. The van der Waals surface area contributed by atoms with E-state index in [1.165, 1.54) is 0 Å². The van der Waals surface area contributed by atoms with Gasteiger partial charge in [0.2, 0.25) is 0 Å². The first-order valence-corrected chi connectivity index (χ1v) is 5.53. The first kappa shape index (κ1) is 13.7. The van der Waals surface area contributed by atoms with E-state index in [2.05, 4.69) is 4.90 Å². The summed E-state index contributed by atoms with van der Waals surface area (Å²) in [5.41, 5.74) is 5.58. The summed E-state index contributed by atoms with van der Waals surface area (Å²) in [6.45, 7) is 4.67. The number of hydrogen-bond donors (Lipinski definition) is 2. The fraction of sp³-hybridized carbons (Fsp3) is 0.889. The van der Waals surface area contributed by atoms with E-state index in [9.17, 15) is 4.79 Å². The van der Waals surface area contributed by atoms with Crippen molar-refractivity contribution in [2.45, 2.75) is 24.6 Å². The van der Waals surface area contributed by atoms with Crippen molar-refractivity contribution < 1.29 is 9.90 Å². The Labute approximate surface area is 89.8 Å². The highest BCUT2D eigenvalue weighted by atomic mass is 32.2. The second-order valence-electron chi connectivity index (χ2n) is 4.07. The van der Waals surface area contributed by atoms with Crippen LogP contribution in [0.25, 0.3) is 0 Å². The van der Waals surface area contributed by atoms with Crippen LogP contribution in [-0.4, -0.2) is 53.2 Å². The maximum absolute atomic E-state index is 10.7. The molecule has 0 saturated carbocycles. The van der Waals surface area contributed by atoms with Crippen LogP contribution in [0.4, 0.5) is 0 Å². The average molecular weight is 220 g/mol. The standard InChI is InChI=1S/C9H20N2O2S/c1-9(2,7(10)8(12)13)14-6-5-11(3)4/h7H,5-6,10H2,1-4H3,(H,12,13)/t7-/m0/s1. The molecule has 14 heavy (non-hydrogen) atoms. The Balaban J connectivity index is 4.00. The Morgan fingerprint density at radius 1 is 1.57 bits per heavy atom. The van der Waals surface area contributed by atoms with E-state index in [1.807, 2.05) is 27.9 Å². The van der Waals surface area contributed by atoms with Crippen molar-refractivity contribution in [1.82, 2.24) is 4.90 Å². The van der Waals surface area contributed by atoms with Gasteiger partial charge in [0.1, 0.15) is 6.04 Å². The zero-order valence-electron chi connectivity index (χ0n) is 9.28. The molecule has 0 rings (SSSR count). The van der Waals surface area contributed by atoms with Crippen LogP contribution in [-0.2, 0) is 4.79 Å². The molecule has 0 aromatic carbocycles. The Hall–Kier alpha value is -0.260. The Kier molecular flexibility index (Phi) is 5.48. The first-order chi connectivity index (χ1) is 6.27. The summed E-state index contributed by atoms with van der Waals surface area (Å²) in [5.74, 6) is -0.0478. The van der Waals surface area contributed by atoms with Crippen molar-refractivity contribution in [2.24, 2.45) is 5.73 Å². The number of carboxylic acid groups (broad SMARTS) is 1. The van der Waals surface area contributed by atoms with Crippen LogP contribution < -0.4 is 5.73 Å². The molecular formula is C9H20N2O2S. The number of hydrogen-bond acceptors (Lipinski definition) is 4. The number of carboxylic acids is 1. The van der Waals surface area contributed by atoms with Crippen LogP contribution >= 0.6 is 11.8 Å². The largest absolute Gasteiger partial charge is 0.480 e. The third-order valence-electron chi connectivity index (χ3n) is 2.03. The van der Waals surface area contributed by atoms with E-state index >= 15 is 0 Å². The maximum Gasteiger partial charge on any atom is 0.321 e. The Bertz CT molecular complexity index is 195. The minimum Gasteiger partial charge on any atom is -0.480 e. The van der Waals surface area contributed by atoms with Crippen molar-refractivity contribution >= 4 is 17.7 Å². The van der Waals surface area contributed by atoms with Gasteiger partial charge in [0.15, 0.2) is 0 Å². The molecule has 0 aromatic heterocycles. The fourth-order valence-electron chi connectivity index (χ4n) is 0.878. The highest BCUT2D eigenvalue weighted by Gasteiger charge is 2.32. The van der Waals surface area contributed by atoms with Gasteiger partial charge in [-0.25, -0.2) is 0 Å². The molecule has 0 aliphatic rings. The van der Waals surface area contributed by atoms with E-state index in [-0.39, 0.29) is 0 Å². The van der Waals surface area contributed by atoms with Crippen molar-refractivity contribution in [1.29, 1.82) is 0 Å². The lowest BCUT2D eigenvalue weighted by Gasteiger charge is -2.28. The van der Waals surface area contributed by atoms with Gasteiger partial charge in [-0.3, -0.25) is 4.79 Å². The zero-order chi connectivity index (χ0) is 11.4. The van der Waals surface area contributed by atoms with Gasteiger partial charge in [-0.15, -0.1) is 0 Å². The quantitative estimate of drug-likeness (QED) is 0.681. The summed E-state index contributed by atoms with van der Waals surface area (Å²) in [4.78, 5) is 12.8. The third kappa shape index (κ3) is 4.83. The minimum absolute atomic E-state index is 0.415. The Morgan fingerprint density at radius 2 is 2.07 bits per heavy atom. The van der Waals surface area contributed by atoms with Gasteiger partial charge in [0, 0.05) is 17.0 Å². The SMILES string of the molecule is CN(C)CCSC(C)(C)[C@@H](N)C(=O)O. The summed E-state index contributed by atoms with van der Waals surface area (Å²) < 4.78 is -0.415. The molecule has 0 bridgehead atoms. The lowest BCUT2D eigenvalue weighted by atomic mass is 10.1. The predicted molar refractivity (Wildman–Crippen MR) is 60.7 cm³/mol. The lowest BCUT2D eigenvalue weighted by molar-refractivity contribution is -0.139. The number of thioether (sulfide) groups is 1. The van der Waals surface area contributed by atoms with Crippen molar-refractivity contribution in [2.75, 3.05) is 26.4 Å². The van der Waals surface area contributed by atoms with Crippen LogP contribution in [0, 0.1) is 0 Å². The van der Waals surface area contributed by atoms with Gasteiger partial charge < -0.3 is 15.7 Å². The second-order valence-corrected chi connectivity index (χ2v) is 5.82. The summed E-state index contributed by atoms with van der Waals surface area (Å²) >= 11 is 1.60. The zero-order valence-corrected chi connectivity index (χ0v) is 10.1. The molecular weight excluding hydrogens is 200 g/mol. The molecule has 0 saturated heterocycles. The fourth-order valence-corrected chi connectivity index (χ4v) is 2.14. The predicted octanol–water partition coefficient (Wildman–Crippen LogP) is 0.472. The van der Waals surface area contributed by atoms with E-state index in [1.54, 1.807) is 11.8 Å². The molecule has 0 heterocycles. The van der Waals surface area contributed by atoms with Crippen molar-refractivity contribution in [3.8, 4) is 0 Å². The maximum atomic E-state index is 10.7. The molecule has 0 aromatic rings. The van der Waals surface area contributed by atoms with Gasteiger partial charge in [-0.2, -0.15) is 11.8 Å². The molecule has 1 atom stereocenters. The summed E-state index contributed by atoms with van der Waals surface area (Å²) in [7, 11) is 3.98. The Morgan fingerprint density at radius 3 is 2.43 bits per heavy atom. The summed E-state index contributed by atoms with van der Waals surface area (Å²) in [5, 5.41) is 8.78. The monoisotopic (exact) mass is 220 g/mol. The average Bonchev–Trinajstić information content (AvgIpc) is 2.01. The van der Waals surface area contributed by atoms with Gasteiger partial charge in [-0.1, -0.05) is 0 Å². The highest BCUT2D eigenvalue weighted by molar-refractivity contribution is 8.00. The molecule has 0 fully saturated rings. The number of carbonyl (C=O) groups is 1. The number of aliphatic carboxylic acids is 1. The molecule has 3 N–H and O–H groups in total. The molecule has 5 heteroatoms. The molecule has 0 amide bonds. The topological polar surface area (TPSA) is 66.6 Å². The highest BCUT2D eigenvalue weighted by Crippen LogP contribution is 2.27.